The zero-order valence-corrected chi connectivity index (χ0v) is 16.2. The van der Waals surface area contributed by atoms with Crippen LogP contribution in [-0.2, 0) is 0 Å². The van der Waals surface area contributed by atoms with Crippen molar-refractivity contribution in [3.8, 4) is 11.4 Å². The molecule has 0 bridgehead atoms. The van der Waals surface area contributed by atoms with Crippen molar-refractivity contribution in [3.63, 3.8) is 0 Å². The molecular formula is C18H13ClN6S2. The SMILES string of the molecule is S=c1[nH]nc(-c2ccccc2)n1/N=C/c1sc(Nc2ccccc2)nc1Cl. The summed E-state index contributed by atoms with van der Waals surface area (Å²) < 4.78 is 1.96. The molecule has 4 rings (SSSR count). The first-order valence-corrected chi connectivity index (χ1v) is 9.56. The lowest BCUT2D eigenvalue weighted by Crippen LogP contribution is -1.94. The van der Waals surface area contributed by atoms with E-state index in [1.54, 1.807) is 10.9 Å². The van der Waals surface area contributed by atoms with Crippen LogP contribution in [0.1, 0.15) is 4.88 Å². The van der Waals surface area contributed by atoms with Crippen LogP contribution in [0, 0.1) is 4.77 Å². The second-order valence-electron chi connectivity index (χ2n) is 5.44. The number of hydrogen-bond acceptors (Lipinski definition) is 6. The molecule has 0 radical (unpaired) electrons. The van der Waals surface area contributed by atoms with E-state index in [9.17, 15) is 0 Å². The van der Waals surface area contributed by atoms with Crippen LogP contribution in [0.3, 0.4) is 0 Å². The minimum atomic E-state index is 0.374. The second-order valence-corrected chi connectivity index (χ2v) is 7.22. The standard InChI is InChI=1S/C18H13ClN6S2/c19-15-14(27-17(22-15)21-13-9-5-2-6-10-13)11-20-25-16(23-24-18(25)26)12-7-3-1-4-8-12/h1-11H,(H,21,22)(H,24,26)/b20-11+. The fourth-order valence-electron chi connectivity index (χ4n) is 2.37. The number of nitrogens with zero attached hydrogens (tertiary/aromatic N) is 4. The van der Waals surface area contributed by atoms with Gasteiger partial charge in [-0.3, -0.25) is 0 Å². The van der Waals surface area contributed by atoms with Gasteiger partial charge in [0.05, 0.1) is 11.1 Å². The molecule has 9 heteroatoms. The number of para-hydroxylation sites is 1. The molecular weight excluding hydrogens is 400 g/mol. The number of aromatic amines is 1. The number of halogens is 1. The number of thiazole rings is 1. The average Bonchev–Trinajstić information content (AvgIpc) is 3.23. The Hall–Kier alpha value is -2.81. The predicted octanol–water partition coefficient (Wildman–Crippen LogP) is 5.34. The monoisotopic (exact) mass is 412 g/mol. The minimum absolute atomic E-state index is 0.374. The Morgan fingerprint density at radius 1 is 1.11 bits per heavy atom. The Labute approximate surface area is 169 Å². The largest absolute Gasteiger partial charge is 0.331 e. The molecule has 0 atom stereocenters. The number of anilines is 2. The van der Waals surface area contributed by atoms with Gasteiger partial charge in [-0.25, -0.2) is 10.1 Å². The van der Waals surface area contributed by atoms with Gasteiger partial charge >= 0.3 is 0 Å². The molecule has 0 unspecified atom stereocenters. The highest BCUT2D eigenvalue weighted by molar-refractivity contribution is 7.71. The number of benzene rings is 2. The maximum Gasteiger partial charge on any atom is 0.216 e. The Morgan fingerprint density at radius 2 is 1.81 bits per heavy atom. The van der Waals surface area contributed by atoms with Crippen molar-refractivity contribution >= 4 is 52.2 Å². The van der Waals surface area contributed by atoms with Gasteiger partial charge in [0.1, 0.15) is 0 Å². The fourth-order valence-corrected chi connectivity index (χ4v) is 3.60. The van der Waals surface area contributed by atoms with Gasteiger partial charge in [0.15, 0.2) is 16.1 Å². The number of hydrogen-bond donors (Lipinski definition) is 2. The first-order valence-electron chi connectivity index (χ1n) is 7.96. The lowest BCUT2D eigenvalue weighted by Gasteiger charge is -2.00. The molecule has 0 fully saturated rings. The molecule has 134 valence electrons. The molecule has 4 aromatic rings. The number of nitrogens with one attached hydrogen (secondary N) is 2. The van der Waals surface area contributed by atoms with Crippen molar-refractivity contribution in [3.05, 3.63) is 75.5 Å². The van der Waals surface area contributed by atoms with Crippen molar-refractivity contribution in [2.45, 2.75) is 0 Å². The van der Waals surface area contributed by atoms with E-state index in [-0.39, 0.29) is 0 Å². The topological polar surface area (TPSA) is 70.9 Å². The first-order chi connectivity index (χ1) is 13.2. The van der Waals surface area contributed by atoms with Crippen molar-refractivity contribution in [1.82, 2.24) is 19.9 Å². The molecule has 2 aromatic heterocycles. The molecule has 0 aliphatic carbocycles. The minimum Gasteiger partial charge on any atom is -0.331 e. The zero-order valence-electron chi connectivity index (χ0n) is 13.8. The molecule has 0 aliphatic rings. The maximum atomic E-state index is 6.26. The van der Waals surface area contributed by atoms with E-state index in [1.807, 2.05) is 60.7 Å². The molecule has 0 saturated heterocycles. The molecule has 2 heterocycles. The highest BCUT2D eigenvalue weighted by Crippen LogP contribution is 2.28. The van der Waals surface area contributed by atoms with Crippen molar-refractivity contribution in [1.29, 1.82) is 0 Å². The third-order valence-corrected chi connectivity index (χ3v) is 5.18. The normalized spacial score (nSPS) is 11.1. The molecule has 0 spiro atoms. The molecule has 0 aliphatic heterocycles. The van der Waals surface area contributed by atoms with Gasteiger partial charge in [-0.05, 0) is 24.4 Å². The summed E-state index contributed by atoms with van der Waals surface area (Å²) >= 11 is 12.9. The van der Waals surface area contributed by atoms with E-state index in [0.717, 1.165) is 16.1 Å². The summed E-state index contributed by atoms with van der Waals surface area (Å²) in [5.41, 5.74) is 1.85. The Balaban J connectivity index is 1.61. The Bertz CT molecular complexity index is 1130. The number of rotatable bonds is 5. The third kappa shape index (κ3) is 3.97. The van der Waals surface area contributed by atoms with Crippen LogP contribution in [0.2, 0.25) is 5.15 Å². The van der Waals surface area contributed by atoms with Crippen LogP contribution in [0.25, 0.3) is 11.4 Å². The van der Waals surface area contributed by atoms with Crippen LogP contribution in [0.4, 0.5) is 10.8 Å². The summed E-state index contributed by atoms with van der Waals surface area (Å²) in [5, 5.41) is 15.8. The van der Waals surface area contributed by atoms with E-state index in [2.05, 4.69) is 25.6 Å². The van der Waals surface area contributed by atoms with Gasteiger partial charge in [-0.1, -0.05) is 71.5 Å². The summed E-state index contributed by atoms with van der Waals surface area (Å²) in [4.78, 5) is 5.05. The maximum absolute atomic E-state index is 6.26. The van der Waals surface area contributed by atoms with Crippen LogP contribution in [0.15, 0.2) is 65.8 Å². The van der Waals surface area contributed by atoms with Gasteiger partial charge in [0.25, 0.3) is 0 Å². The highest BCUT2D eigenvalue weighted by Gasteiger charge is 2.10. The van der Waals surface area contributed by atoms with Crippen LogP contribution < -0.4 is 5.32 Å². The molecule has 0 amide bonds. The molecule has 2 aromatic carbocycles. The van der Waals surface area contributed by atoms with Gasteiger partial charge in [-0.15, -0.1) is 0 Å². The fraction of sp³-hybridized carbons (Fsp3) is 0. The van der Waals surface area contributed by atoms with E-state index < -0.39 is 0 Å². The summed E-state index contributed by atoms with van der Waals surface area (Å²) in [5.74, 6) is 0.625. The summed E-state index contributed by atoms with van der Waals surface area (Å²) in [7, 11) is 0. The van der Waals surface area contributed by atoms with E-state index in [1.165, 1.54) is 11.3 Å². The van der Waals surface area contributed by atoms with Crippen LogP contribution in [-0.4, -0.2) is 26.1 Å². The van der Waals surface area contributed by atoms with Gasteiger partial charge in [0, 0.05) is 11.3 Å². The summed E-state index contributed by atoms with van der Waals surface area (Å²) in [6.45, 7) is 0. The van der Waals surface area contributed by atoms with Crippen molar-refractivity contribution < 1.29 is 0 Å². The first kappa shape index (κ1) is 17.6. The number of aromatic nitrogens is 4. The lowest BCUT2D eigenvalue weighted by molar-refractivity contribution is 0.872. The molecule has 2 N–H and O–H groups in total. The smallest absolute Gasteiger partial charge is 0.216 e. The summed E-state index contributed by atoms with van der Waals surface area (Å²) in [6, 6.07) is 19.5. The van der Waals surface area contributed by atoms with Crippen LogP contribution >= 0.6 is 35.2 Å². The van der Waals surface area contributed by atoms with Gasteiger partial charge in [-0.2, -0.15) is 14.9 Å². The van der Waals surface area contributed by atoms with E-state index >= 15 is 0 Å². The van der Waals surface area contributed by atoms with Crippen LogP contribution in [0.5, 0.6) is 0 Å². The van der Waals surface area contributed by atoms with Gasteiger partial charge in [0.2, 0.25) is 4.77 Å². The Kier molecular flexibility index (Phi) is 5.10. The molecule has 0 saturated carbocycles. The second kappa shape index (κ2) is 7.83. The van der Waals surface area contributed by atoms with E-state index in [4.69, 9.17) is 23.8 Å². The van der Waals surface area contributed by atoms with E-state index in [0.29, 0.717) is 20.9 Å². The van der Waals surface area contributed by atoms with Crippen molar-refractivity contribution in [2.24, 2.45) is 5.10 Å². The van der Waals surface area contributed by atoms with Crippen molar-refractivity contribution in [2.75, 3.05) is 5.32 Å². The Morgan fingerprint density at radius 3 is 2.56 bits per heavy atom. The molecule has 27 heavy (non-hydrogen) atoms. The number of H-pyrrole nitrogens is 1. The molecule has 6 nitrogen and oxygen atoms in total. The highest BCUT2D eigenvalue weighted by atomic mass is 35.5. The summed E-state index contributed by atoms with van der Waals surface area (Å²) in [6.07, 6.45) is 1.63. The quantitative estimate of drug-likeness (QED) is 0.342. The zero-order chi connectivity index (χ0) is 18.6. The third-order valence-electron chi connectivity index (χ3n) is 3.61. The van der Waals surface area contributed by atoms with Gasteiger partial charge < -0.3 is 5.32 Å². The lowest BCUT2D eigenvalue weighted by atomic mass is 10.2. The average molecular weight is 413 g/mol. The predicted molar refractivity (Wildman–Crippen MR) is 113 cm³/mol.